The Morgan fingerprint density at radius 2 is 1.90 bits per heavy atom. The largest absolute Gasteiger partial charge is 0.496 e. The zero-order chi connectivity index (χ0) is 13.8. The summed E-state index contributed by atoms with van der Waals surface area (Å²) in [5, 5.41) is 3.41. The SMILES string of the molecule is COc1c(C)cnc(CN(C)C2CCNCC2)c1C.Cl.Cl. The third-order valence-corrected chi connectivity index (χ3v) is 4.08. The number of rotatable bonds is 4. The third kappa shape index (κ3) is 4.99. The molecule has 0 atom stereocenters. The molecule has 1 saturated heterocycles. The number of ether oxygens (including phenoxy) is 1. The van der Waals surface area contributed by atoms with Gasteiger partial charge in [-0.05, 0) is 46.8 Å². The Kier molecular flexibility index (Phi) is 9.22. The van der Waals surface area contributed by atoms with Gasteiger partial charge in [0.2, 0.25) is 0 Å². The molecule has 0 aliphatic carbocycles. The highest BCUT2D eigenvalue weighted by Gasteiger charge is 2.19. The van der Waals surface area contributed by atoms with Crippen LogP contribution in [0.1, 0.15) is 29.7 Å². The van der Waals surface area contributed by atoms with Crippen LogP contribution in [0, 0.1) is 13.8 Å². The van der Waals surface area contributed by atoms with Crippen LogP contribution < -0.4 is 10.1 Å². The van der Waals surface area contributed by atoms with Gasteiger partial charge in [-0.25, -0.2) is 0 Å². The van der Waals surface area contributed by atoms with Crippen LogP contribution in [-0.2, 0) is 6.54 Å². The van der Waals surface area contributed by atoms with Gasteiger partial charge in [0.25, 0.3) is 0 Å². The van der Waals surface area contributed by atoms with Crippen LogP contribution in [0.15, 0.2) is 6.20 Å². The summed E-state index contributed by atoms with van der Waals surface area (Å²) in [6, 6.07) is 0.662. The first kappa shape index (κ1) is 20.5. The first-order valence-corrected chi connectivity index (χ1v) is 7.03. The van der Waals surface area contributed by atoms with Crippen molar-refractivity contribution in [1.82, 2.24) is 15.2 Å². The summed E-state index contributed by atoms with van der Waals surface area (Å²) in [4.78, 5) is 7.01. The van der Waals surface area contributed by atoms with Crippen LogP contribution in [0.3, 0.4) is 0 Å². The Balaban J connectivity index is 0.00000200. The Labute approximate surface area is 140 Å². The second-order valence-corrected chi connectivity index (χ2v) is 5.44. The van der Waals surface area contributed by atoms with E-state index in [2.05, 4.69) is 29.2 Å². The zero-order valence-corrected chi connectivity index (χ0v) is 14.9. The van der Waals surface area contributed by atoms with Crippen molar-refractivity contribution in [3.63, 3.8) is 0 Å². The molecule has 4 nitrogen and oxygen atoms in total. The number of nitrogens with one attached hydrogen (secondary N) is 1. The molecule has 6 heteroatoms. The molecule has 0 aromatic carbocycles. The smallest absolute Gasteiger partial charge is 0.128 e. The molecule has 21 heavy (non-hydrogen) atoms. The third-order valence-electron chi connectivity index (χ3n) is 4.08. The molecule has 122 valence electrons. The molecule has 1 aromatic heterocycles. The lowest BCUT2D eigenvalue weighted by molar-refractivity contribution is 0.189. The molecule has 0 spiro atoms. The first-order valence-electron chi connectivity index (χ1n) is 7.03. The van der Waals surface area contributed by atoms with Crippen LogP contribution in [0.5, 0.6) is 5.75 Å². The summed E-state index contributed by atoms with van der Waals surface area (Å²) in [5.74, 6) is 0.976. The van der Waals surface area contributed by atoms with E-state index in [1.165, 1.54) is 18.4 Å². The number of nitrogens with zero attached hydrogens (tertiary/aromatic N) is 2. The summed E-state index contributed by atoms with van der Waals surface area (Å²) in [6.45, 7) is 7.29. The molecule has 1 aromatic rings. The minimum Gasteiger partial charge on any atom is -0.496 e. The maximum atomic E-state index is 5.47. The lowest BCUT2D eigenvalue weighted by atomic mass is 10.0. The molecule has 0 unspecified atom stereocenters. The van der Waals surface area contributed by atoms with Crippen molar-refractivity contribution >= 4 is 24.8 Å². The van der Waals surface area contributed by atoms with Gasteiger partial charge in [0.15, 0.2) is 0 Å². The lowest BCUT2D eigenvalue weighted by Crippen LogP contribution is -2.40. The Bertz CT molecular complexity index is 437. The Morgan fingerprint density at radius 3 is 2.48 bits per heavy atom. The van der Waals surface area contributed by atoms with E-state index in [4.69, 9.17) is 4.74 Å². The number of methoxy groups -OCH3 is 1. The number of hydrogen-bond donors (Lipinski definition) is 1. The second-order valence-electron chi connectivity index (χ2n) is 5.44. The summed E-state index contributed by atoms with van der Waals surface area (Å²) < 4.78 is 5.47. The normalized spacial score (nSPS) is 15.3. The number of aryl methyl sites for hydroxylation is 1. The molecule has 1 N–H and O–H groups in total. The van der Waals surface area contributed by atoms with E-state index in [9.17, 15) is 0 Å². The molecule has 0 amide bonds. The first-order chi connectivity index (χ1) is 9.13. The highest BCUT2D eigenvalue weighted by molar-refractivity contribution is 5.85. The zero-order valence-electron chi connectivity index (χ0n) is 13.3. The minimum absolute atomic E-state index is 0. The Hall–Kier alpha value is -0.550. The van der Waals surface area contributed by atoms with E-state index in [0.29, 0.717) is 6.04 Å². The van der Waals surface area contributed by atoms with Crippen molar-refractivity contribution in [3.05, 3.63) is 23.0 Å². The molecule has 1 aliphatic heterocycles. The summed E-state index contributed by atoms with van der Waals surface area (Å²) in [6.07, 6.45) is 4.36. The number of pyridine rings is 1. The van der Waals surface area contributed by atoms with Crippen LogP contribution >= 0.6 is 24.8 Å². The predicted octanol–water partition coefficient (Wildman–Crippen LogP) is 2.73. The number of hydrogen-bond acceptors (Lipinski definition) is 4. The molecule has 2 heterocycles. The van der Waals surface area contributed by atoms with E-state index in [1.54, 1.807) is 7.11 Å². The van der Waals surface area contributed by atoms with Gasteiger partial charge in [-0.1, -0.05) is 0 Å². The van der Waals surface area contributed by atoms with E-state index >= 15 is 0 Å². The molecule has 0 bridgehead atoms. The van der Waals surface area contributed by atoms with Crippen LogP contribution in [-0.4, -0.2) is 43.2 Å². The summed E-state index contributed by atoms with van der Waals surface area (Å²) in [5.41, 5.74) is 3.40. The van der Waals surface area contributed by atoms with Gasteiger partial charge in [-0.15, -0.1) is 24.8 Å². The number of halogens is 2. The average Bonchev–Trinajstić information content (AvgIpc) is 2.43. The van der Waals surface area contributed by atoms with Crippen molar-refractivity contribution in [1.29, 1.82) is 0 Å². The maximum Gasteiger partial charge on any atom is 0.128 e. The van der Waals surface area contributed by atoms with Crippen LogP contribution in [0.2, 0.25) is 0 Å². The Morgan fingerprint density at radius 1 is 1.29 bits per heavy atom. The molecular weight excluding hydrogens is 309 g/mol. The van der Waals surface area contributed by atoms with E-state index in [-0.39, 0.29) is 24.8 Å². The monoisotopic (exact) mass is 335 g/mol. The summed E-state index contributed by atoms with van der Waals surface area (Å²) >= 11 is 0. The van der Waals surface area contributed by atoms with Crippen molar-refractivity contribution in [2.45, 2.75) is 39.3 Å². The minimum atomic E-state index is 0. The lowest BCUT2D eigenvalue weighted by Gasteiger charge is -2.31. The van der Waals surface area contributed by atoms with E-state index in [1.807, 2.05) is 13.1 Å². The molecule has 0 saturated carbocycles. The standard InChI is InChI=1S/C15H25N3O.2ClH/c1-11-9-17-14(12(2)15(11)19-4)10-18(3)13-5-7-16-8-6-13;;/h9,13,16H,5-8,10H2,1-4H3;2*1H. The van der Waals surface area contributed by atoms with Crippen molar-refractivity contribution < 1.29 is 4.74 Å². The van der Waals surface area contributed by atoms with Gasteiger partial charge >= 0.3 is 0 Å². The van der Waals surface area contributed by atoms with E-state index < -0.39 is 0 Å². The highest BCUT2D eigenvalue weighted by atomic mass is 35.5. The van der Waals surface area contributed by atoms with Gasteiger partial charge < -0.3 is 10.1 Å². The van der Waals surface area contributed by atoms with Crippen LogP contribution in [0.25, 0.3) is 0 Å². The highest BCUT2D eigenvalue weighted by Crippen LogP contribution is 2.25. The average molecular weight is 336 g/mol. The number of piperidine rings is 1. The molecule has 1 fully saturated rings. The van der Waals surface area contributed by atoms with Gasteiger partial charge in [0.1, 0.15) is 5.75 Å². The molecule has 2 rings (SSSR count). The van der Waals surface area contributed by atoms with Gasteiger partial charge in [-0.3, -0.25) is 9.88 Å². The maximum absolute atomic E-state index is 5.47. The molecule has 0 radical (unpaired) electrons. The van der Waals surface area contributed by atoms with Gasteiger partial charge in [-0.2, -0.15) is 0 Å². The second kappa shape index (κ2) is 9.46. The van der Waals surface area contributed by atoms with Gasteiger partial charge in [0.05, 0.1) is 12.8 Å². The summed E-state index contributed by atoms with van der Waals surface area (Å²) in [7, 11) is 3.93. The van der Waals surface area contributed by atoms with Crippen LogP contribution in [0.4, 0.5) is 0 Å². The quantitative estimate of drug-likeness (QED) is 0.917. The van der Waals surface area contributed by atoms with Crippen molar-refractivity contribution in [3.8, 4) is 5.75 Å². The topological polar surface area (TPSA) is 37.4 Å². The fourth-order valence-corrected chi connectivity index (χ4v) is 2.84. The fraction of sp³-hybridized carbons (Fsp3) is 0.667. The number of aromatic nitrogens is 1. The van der Waals surface area contributed by atoms with E-state index in [0.717, 1.165) is 36.6 Å². The fourth-order valence-electron chi connectivity index (χ4n) is 2.84. The van der Waals surface area contributed by atoms with Crippen molar-refractivity contribution in [2.75, 3.05) is 27.2 Å². The molecule has 1 aliphatic rings. The van der Waals surface area contributed by atoms with Crippen molar-refractivity contribution in [2.24, 2.45) is 0 Å². The van der Waals surface area contributed by atoms with Gasteiger partial charge in [0, 0.05) is 29.9 Å². The predicted molar refractivity (Wildman–Crippen MR) is 92.1 cm³/mol. The molecular formula is C15H27Cl2N3O.